The van der Waals surface area contributed by atoms with Gasteiger partial charge in [-0.25, -0.2) is 4.79 Å². The van der Waals surface area contributed by atoms with Gasteiger partial charge in [0.1, 0.15) is 71.6 Å². The largest absolute Gasteiger partial charge is 0.480 e. The highest BCUT2D eigenvalue weighted by molar-refractivity contribution is 6.00. The molecule has 0 unspecified atom stereocenters. The second kappa shape index (κ2) is 39.7. The van der Waals surface area contributed by atoms with Crippen molar-refractivity contribution in [1.29, 1.82) is 0 Å². The molecule has 0 aliphatic rings. The average Bonchev–Trinajstić information content (AvgIpc) is 0.754. The number of esters is 1. The van der Waals surface area contributed by atoms with Gasteiger partial charge in [0.15, 0.2) is 0 Å². The number of carboxylic acids is 1. The predicted molar refractivity (Wildman–Crippen MR) is 373 cm³/mol. The van der Waals surface area contributed by atoms with Crippen molar-refractivity contribution in [3.05, 3.63) is 108 Å². The van der Waals surface area contributed by atoms with Crippen LogP contribution in [-0.4, -0.2) is 160 Å². The van der Waals surface area contributed by atoms with Crippen LogP contribution in [0, 0.1) is 29.6 Å². The van der Waals surface area contributed by atoms with Crippen molar-refractivity contribution < 1.29 is 77.0 Å². The van der Waals surface area contributed by atoms with E-state index < -0.39 is 192 Å². The molecular weight excluding hydrogens is 1290 g/mol. The van der Waals surface area contributed by atoms with Crippen LogP contribution < -0.4 is 63.8 Å². The summed E-state index contributed by atoms with van der Waals surface area (Å²) in [6, 6.07) is 13.0. The Labute approximate surface area is 586 Å². The van der Waals surface area contributed by atoms with Crippen LogP contribution in [-0.2, 0) is 77.4 Å². The number of carbonyl (C=O) groups is 14. The van der Waals surface area contributed by atoms with Crippen LogP contribution >= 0.6 is 0 Å². The molecule has 0 bridgehead atoms. The predicted octanol–water partition coefficient (Wildman–Crippen LogP) is 2.80. The lowest BCUT2D eigenvalue weighted by molar-refractivity contribution is -0.156. The molecule has 3 rings (SSSR count). The van der Waals surface area contributed by atoms with Crippen molar-refractivity contribution in [3.8, 4) is 0 Å². The minimum Gasteiger partial charge on any atom is -0.480 e. The first-order valence-electron chi connectivity index (χ1n) is 34.0. The number of rotatable bonds is 38. The van der Waals surface area contributed by atoms with Crippen LogP contribution in [0.3, 0.4) is 0 Å². The van der Waals surface area contributed by atoms with E-state index in [1.54, 1.807) is 181 Å². The fourth-order valence-corrected chi connectivity index (χ4v) is 10.6. The van der Waals surface area contributed by atoms with Gasteiger partial charge in [0.25, 0.3) is 0 Å². The Morgan fingerprint density at radius 1 is 0.410 bits per heavy atom. The summed E-state index contributed by atoms with van der Waals surface area (Å²) in [6.45, 7) is 26.1. The minimum atomic E-state index is -1.83. The highest BCUT2D eigenvalue weighted by atomic mass is 16.6. The van der Waals surface area contributed by atoms with E-state index >= 15 is 0 Å². The number of ether oxygens (including phenoxy) is 1. The van der Waals surface area contributed by atoms with Gasteiger partial charge in [-0.15, -0.1) is 0 Å². The number of nitrogens with one attached hydrogen (secondary N) is 12. The highest BCUT2D eigenvalue weighted by Gasteiger charge is 2.41. The second-order valence-corrected chi connectivity index (χ2v) is 27.4. The molecule has 0 saturated carbocycles. The molecule has 28 heteroatoms. The number of benzene rings is 3. The van der Waals surface area contributed by atoms with E-state index in [2.05, 4.69) is 63.8 Å². The molecule has 0 saturated heterocycles. The van der Waals surface area contributed by atoms with Crippen LogP contribution in [0.1, 0.15) is 166 Å². The van der Waals surface area contributed by atoms with Gasteiger partial charge in [0.05, 0.1) is 19.4 Å². The molecule has 0 radical (unpaired) electrons. The zero-order chi connectivity index (χ0) is 75.5. The van der Waals surface area contributed by atoms with Crippen LogP contribution in [0.4, 0.5) is 0 Å². The highest BCUT2D eigenvalue weighted by Crippen LogP contribution is 2.37. The number of amides is 12. The molecule has 0 aliphatic heterocycles. The summed E-state index contributed by atoms with van der Waals surface area (Å²) in [6.07, 6.45) is -0.905. The number of hydrogen-bond donors (Lipinski definition) is 13. The molecule has 0 spiro atoms. The number of hydrogen-bond acceptors (Lipinski definition) is 15. The van der Waals surface area contributed by atoms with Crippen molar-refractivity contribution in [2.45, 2.75) is 221 Å². The summed E-state index contributed by atoms with van der Waals surface area (Å²) < 4.78 is 5.51. The maximum Gasteiger partial charge on any atom is 0.326 e. The SMILES string of the molecule is CC[C@H](C)[C@H](NC(=O)CNC(=O)[C@H](CC(=O)NC(c1ccccc1)(c1ccccc1)c1ccccc1)NC(=O)[C@H](C)NC(=O)[C@H](CC(=O)OC(C)(C)C)NC(=O)[C@H](CC(C)C)NC(=O)[C@H](C)NC(=O)[C@H](C)NC(=O)[C@@H](NC(C)=O)C(C)C)C(=O)N[C@H](C(=O)N[C@H](C(=O)O)C(C)C)[C@@H](C)CC. The summed E-state index contributed by atoms with van der Waals surface area (Å²) >= 11 is 0. The van der Waals surface area contributed by atoms with E-state index in [0.717, 1.165) is 0 Å². The van der Waals surface area contributed by atoms with Gasteiger partial charge < -0.3 is 73.6 Å². The van der Waals surface area contributed by atoms with Gasteiger partial charge in [-0.1, -0.05) is 173 Å². The fourth-order valence-electron chi connectivity index (χ4n) is 10.6. The first kappa shape index (κ1) is 84.5. The molecule has 550 valence electrons. The Balaban J connectivity index is 2.04. The number of carboxylic acid groups (broad SMARTS) is 1. The van der Waals surface area contributed by atoms with E-state index in [0.29, 0.717) is 29.5 Å². The third-order valence-corrected chi connectivity index (χ3v) is 16.6. The minimum absolute atomic E-state index is 0.0326. The Hall–Kier alpha value is -9.76. The molecule has 100 heavy (non-hydrogen) atoms. The number of aliphatic carboxylic acids is 1. The molecule has 0 heterocycles. The molecule has 0 aliphatic carbocycles. The van der Waals surface area contributed by atoms with Crippen molar-refractivity contribution in [2.75, 3.05) is 6.54 Å². The molecule has 12 amide bonds. The van der Waals surface area contributed by atoms with Crippen molar-refractivity contribution in [1.82, 2.24) is 63.8 Å². The fraction of sp³-hybridized carbons (Fsp3) is 0.556. The van der Waals surface area contributed by atoms with Crippen LogP contribution in [0.5, 0.6) is 0 Å². The van der Waals surface area contributed by atoms with Gasteiger partial charge in [-0.3, -0.25) is 62.3 Å². The topological polar surface area (TPSA) is 413 Å². The first-order chi connectivity index (χ1) is 46.8. The van der Waals surface area contributed by atoms with E-state index in [4.69, 9.17) is 4.74 Å². The van der Waals surface area contributed by atoms with Gasteiger partial charge in [-0.05, 0) is 94.2 Å². The summed E-state index contributed by atoms with van der Waals surface area (Å²) in [5.41, 5.74) is -0.688. The van der Waals surface area contributed by atoms with Crippen LogP contribution in [0.25, 0.3) is 0 Å². The van der Waals surface area contributed by atoms with Crippen molar-refractivity contribution in [3.63, 3.8) is 0 Å². The molecule has 12 atom stereocenters. The van der Waals surface area contributed by atoms with Gasteiger partial charge in [0.2, 0.25) is 70.9 Å². The molecule has 28 nitrogen and oxygen atoms in total. The monoisotopic (exact) mass is 1390 g/mol. The molecule has 13 N–H and O–H groups in total. The molecule has 3 aromatic rings. The molecular formula is C72H106N12O16. The molecule has 0 fully saturated rings. The smallest absolute Gasteiger partial charge is 0.326 e. The van der Waals surface area contributed by atoms with Gasteiger partial charge in [-0.2, -0.15) is 0 Å². The Morgan fingerprint density at radius 2 is 0.780 bits per heavy atom. The average molecular weight is 1400 g/mol. The normalized spacial score (nSPS) is 15.1. The third kappa shape index (κ3) is 26.5. The zero-order valence-corrected chi connectivity index (χ0v) is 60.6. The summed E-state index contributed by atoms with van der Waals surface area (Å²) in [5.74, 6) is -14.6. The molecule has 0 aromatic heterocycles. The summed E-state index contributed by atoms with van der Waals surface area (Å²) in [5, 5.41) is 40.9. The Morgan fingerprint density at radius 3 is 1.19 bits per heavy atom. The first-order valence-corrected chi connectivity index (χ1v) is 34.0. The summed E-state index contributed by atoms with van der Waals surface area (Å²) in [4.78, 5) is 192. The quantitative estimate of drug-likeness (QED) is 0.0290. The Kier molecular flexibility index (Phi) is 33.6. The maximum atomic E-state index is 15.0. The third-order valence-electron chi connectivity index (χ3n) is 16.6. The standard InChI is InChI=1S/C72H106N12O16/c1-18-42(9)59(68(96)83-60(43(10)19-2)69(97)82-58(41(7)8)70(98)99)81-55(87)38-73-64(92)52(36-54(86)84-72(48-29-23-20-24-30-48,49-31-25-21-26-32-49)50-33-27-22-28-34-50)79-63(91)46(13)75-65(93)53(37-56(88)100-71(15,16)17)80-66(94)51(35-39(3)4)78-62(90)45(12)74-61(89)44(11)76-67(95)57(40(5)6)77-47(14)85/h20-34,39-46,51-53,57-60H,18-19,35-38H2,1-17H3,(H,73,92)(H,74,89)(H,75,93)(H,76,95)(H,77,85)(H,78,90)(H,79,91)(H,80,94)(H,81,87)(H,82,97)(H,83,96)(H,84,86)(H,98,99)/t42-,43-,44-,45-,46-,51-,52-,53-,57-,58-,59-,60-/m0/s1. The van der Waals surface area contributed by atoms with Crippen LogP contribution in [0.2, 0.25) is 0 Å². The number of carbonyl (C=O) groups excluding carboxylic acids is 13. The van der Waals surface area contributed by atoms with Gasteiger partial charge in [0, 0.05) is 6.92 Å². The lowest BCUT2D eigenvalue weighted by atomic mass is 9.77. The van der Waals surface area contributed by atoms with Crippen molar-refractivity contribution in [2.24, 2.45) is 29.6 Å². The van der Waals surface area contributed by atoms with Crippen molar-refractivity contribution >= 4 is 82.8 Å². The van der Waals surface area contributed by atoms with E-state index in [9.17, 15) is 72.2 Å². The second-order valence-electron chi connectivity index (χ2n) is 27.4. The van der Waals surface area contributed by atoms with E-state index in [1.807, 2.05) is 0 Å². The van der Waals surface area contributed by atoms with Crippen LogP contribution in [0.15, 0.2) is 91.0 Å². The lowest BCUT2D eigenvalue weighted by Gasteiger charge is -2.37. The lowest BCUT2D eigenvalue weighted by Crippen LogP contribution is -2.60. The summed E-state index contributed by atoms with van der Waals surface area (Å²) in [7, 11) is 0. The van der Waals surface area contributed by atoms with E-state index in [1.165, 1.54) is 27.7 Å². The van der Waals surface area contributed by atoms with E-state index in [-0.39, 0.29) is 18.3 Å². The maximum absolute atomic E-state index is 15.0. The zero-order valence-electron chi connectivity index (χ0n) is 60.6. The van der Waals surface area contributed by atoms with Gasteiger partial charge >= 0.3 is 11.9 Å². The Bertz CT molecular complexity index is 3210. The molecule has 3 aromatic carbocycles.